The molecule has 1 aliphatic heterocycles. The van der Waals surface area contributed by atoms with Gasteiger partial charge in [-0.2, -0.15) is 0 Å². The first kappa shape index (κ1) is 9.70. The van der Waals surface area contributed by atoms with Gasteiger partial charge in [-0.25, -0.2) is 0 Å². The molecule has 80 valence electrons. The van der Waals surface area contributed by atoms with E-state index < -0.39 is 4.92 Å². The van der Waals surface area contributed by atoms with Crippen molar-refractivity contribution in [2.45, 2.75) is 19.4 Å². The Hall–Kier alpha value is -1.85. The summed E-state index contributed by atoms with van der Waals surface area (Å²) >= 11 is 0. The molecule has 6 heteroatoms. The van der Waals surface area contributed by atoms with E-state index in [0.29, 0.717) is 18.9 Å². The van der Waals surface area contributed by atoms with E-state index >= 15 is 0 Å². The Morgan fingerprint density at radius 2 is 2.20 bits per heavy atom. The van der Waals surface area contributed by atoms with Crippen molar-refractivity contribution in [3.63, 3.8) is 0 Å². The highest BCUT2D eigenvalue weighted by Crippen LogP contribution is 2.23. The number of nitrogens with one attached hydrogen (secondary N) is 1. The fraction of sp³-hybridized carbons (Fsp3) is 0.444. The molecule has 0 aromatic carbocycles. The second-order valence-electron chi connectivity index (χ2n) is 3.45. The summed E-state index contributed by atoms with van der Waals surface area (Å²) in [6, 6.07) is 2.50. The molecule has 1 N–H and O–H groups in total. The van der Waals surface area contributed by atoms with Crippen molar-refractivity contribution in [1.29, 1.82) is 0 Å². The van der Waals surface area contributed by atoms with Crippen LogP contribution in [-0.4, -0.2) is 16.0 Å². The highest BCUT2D eigenvalue weighted by atomic mass is 16.6. The minimum atomic E-state index is -0.469. The average Bonchev–Trinajstić information content (AvgIpc) is 2.43. The van der Waals surface area contributed by atoms with Crippen LogP contribution in [0.25, 0.3) is 0 Å². The second-order valence-corrected chi connectivity index (χ2v) is 3.45. The van der Waals surface area contributed by atoms with E-state index in [9.17, 15) is 14.9 Å². The molecule has 6 nitrogen and oxygen atoms in total. The van der Waals surface area contributed by atoms with Crippen LogP contribution < -0.4 is 10.9 Å². The van der Waals surface area contributed by atoms with Gasteiger partial charge in [-0.15, -0.1) is 0 Å². The predicted molar refractivity (Wildman–Crippen MR) is 55.1 cm³/mol. The van der Waals surface area contributed by atoms with Gasteiger partial charge < -0.3 is 5.32 Å². The van der Waals surface area contributed by atoms with Crippen molar-refractivity contribution in [1.82, 2.24) is 4.57 Å². The summed E-state index contributed by atoms with van der Waals surface area (Å²) in [6.45, 7) is 1.22. The standard InChI is InChI=1S/C9H11N3O3/c13-8-4-3-7(12(14)15)9-10-5-1-2-6-11(8)9/h3-4,10H,1-2,5-6H2. The Morgan fingerprint density at radius 1 is 1.40 bits per heavy atom. The van der Waals surface area contributed by atoms with Crippen LogP contribution in [-0.2, 0) is 6.54 Å². The van der Waals surface area contributed by atoms with Crippen LogP contribution in [0.1, 0.15) is 12.8 Å². The third-order valence-corrected chi connectivity index (χ3v) is 2.46. The van der Waals surface area contributed by atoms with Gasteiger partial charge in [0.05, 0.1) is 4.92 Å². The van der Waals surface area contributed by atoms with Gasteiger partial charge in [-0.3, -0.25) is 19.5 Å². The Labute approximate surface area is 85.7 Å². The monoisotopic (exact) mass is 209 g/mol. The third-order valence-electron chi connectivity index (χ3n) is 2.46. The molecule has 0 amide bonds. The largest absolute Gasteiger partial charge is 0.366 e. The van der Waals surface area contributed by atoms with Crippen molar-refractivity contribution in [3.8, 4) is 0 Å². The van der Waals surface area contributed by atoms with Gasteiger partial charge in [0, 0.05) is 25.2 Å². The molecule has 0 atom stereocenters. The lowest BCUT2D eigenvalue weighted by Gasteiger charge is -2.09. The van der Waals surface area contributed by atoms with E-state index in [0.717, 1.165) is 12.8 Å². The molecule has 1 aliphatic rings. The Bertz CT molecular complexity index is 452. The molecule has 2 rings (SSSR count). The smallest absolute Gasteiger partial charge is 0.309 e. The molecule has 0 aliphatic carbocycles. The van der Waals surface area contributed by atoms with Crippen molar-refractivity contribution in [2.75, 3.05) is 11.9 Å². The first-order valence-electron chi connectivity index (χ1n) is 4.82. The fourth-order valence-electron chi connectivity index (χ4n) is 1.72. The van der Waals surface area contributed by atoms with E-state index in [2.05, 4.69) is 5.32 Å². The number of pyridine rings is 1. The minimum absolute atomic E-state index is 0.0310. The molecule has 0 unspecified atom stereocenters. The van der Waals surface area contributed by atoms with Crippen molar-refractivity contribution in [2.24, 2.45) is 0 Å². The van der Waals surface area contributed by atoms with Crippen LogP contribution in [0.5, 0.6) is 0 Å². The summed E-state index contributed by atoms with van der Waals surface area (Å²) in [5.41, 5.74) is -0.221. The summed E-state index contributed by atoms with van der Waals surface area (Å²) in [4.78, 5) is 21.8. The van der Waals surface area contributed by atoms with Crippen LogP contribution >= 0.6 is 0 Å². The number of nitro groups is 1. The number of nitrogens with zero attached hydrogens (tertiary/aromatic N) is 2. The van der Waals surface area contributed by atoms with Crippen molar-refractivity contribution < 1.29 is 4.92 Å². The highest BCUT2D eigenvalue weighted by molar-refractivity contribution is 5.56. The molecule has 15 heavy (non-hydrogen) atoms. The quantitative estimate of drug-likeness (QED) is 0.552. The van der Waals surface area contributed by atoms with E-state index in [1.807, 2.05) is 0 Å². The maximum Gasteiger partial charge on any atom is 0.309 e. The van der Waals surface area contributed by atoms with Crippen molar-refractivity contribution >= 4 is 11.5 Å². The number of anilines is 1. The lowest BCUT2D eigenvalue weighted by molar-refractivity contribution is -0.384. The first-order chi connectivity index (χ1) is 7.20. The maximum atomic E-state index is 11.5. The van der Waals surface area contributed by atoms with Crippen LogP contribution in [0, 0.1) is 10.1 Å². The third kappa shape index (κ3) is 1.70. The Morgan fingerprint density at radius 3 is 2.93 bits per heavy atom. The molecule has 1 aromatic heterocycles. The van der Waals surface area contributed by atoms with Crippen LogP contribution in [0.3, 0.4) is 0 Å². The SMILES string of the molecule is O=c1ccc([N+](=O)[O-])c2n1CCCCN2. The first-order valence-corrected chi connectivity index (χ1v) is 4.82. The number of aromatic nitrogens is 1. The van der Waals surface area contributed by atoms with E-state index in [1.165, 1.54) is 16.7 Å². The lowest BCUT2D eigenvalue weighted by atomic mass is 10.3. The average molecular weight is 209 g/mol. The number of hydrogen-bond acceptors (Lipinski definition) is 4. The molecule has 0 bridgehead atoms. The zero-order valence-corrected chi connectivity index (χ0v) is 8.10. The molecule has 0 saturated carbocycles. The van der Waals surface area contributed by atoms with Gasteiger partial charge in [0.1, 0.15) is 0 Å². The molecule has 0 spiro atoms. The lowest BCUT2D eigenvalue weighted by Crippen LogP contribution is -2.21. The molecule has 2 heterocycles. The fourth-order valence-corrected chi connectivity index (χ4v) is 1.72. The Kier molecular flexibility index (Phi) is 2.40. The number of fused-ring (bicyclic) bond motifs is 1. The highest BCUT2D eigenvalue weighted by Gasteiger charge is 2.19. The van der Waals surface area contributed by atoms with Gasteiger partial charge in [-0.1, -0.05) is 0 Å². The van der Waals surface area contributed by atoms with Gasteiger partial charge >= 0.3 is 5.69 Å². The van der Waals surface area contributed by atoms with Crippen LogP contribution in [0.4, 0.5) is 11.5 Å². The van der Waals surface area contributed by atoms with Crippen molar-refractivity contribution in [3.05, 3.63) is 32.6 Å². The molecule has 0 fully saturated rings. The van der Waals surface area contributed by atoms with Gasteiger partial charge in [-0.05, 0) is 12.8 Å². The second kappa shape index (κ2) is 3.72. The normalized spacial score (nSPS) is 14.9. The summed E-state index contributed by atoms with van der Waals surface area (Å²) < 4.78 is 1.44. The van der Waals surface area contributed by atoms with Gasteiger partial charge in [0.2, 0.25) is 0 Å². The summed E-state index contributed by atoms with van der Waals surface area (Å²) in [5.74, 6) is 0.338. The van der Waals surface area contributed by atoms with Crippen LogP contribution in [0.15, 0.2) is 16.9 Å². The van der Waals surface area contributed by atoms with Gasteiger partial charge in [0.15, 0.2) is 5.82 Å². The predicted octanol–water partition coefficient (Wildman–Crippen LogP) is 0.962. The molecule has 1 aromatic rings. The van der Waals surface area contributed by atoms with Crippen LogP contribution in [0.2, 0.25) is 0 Å². The Balaban J connectivity index is 2.61. The molecule has 0 saturated heterocycles. The summed E-state index contributed by atoms with van der Waals surface area (Å²) in [6.07, 6.45) is 1.78. The summed E-state index contributed by atoms with van der Waals surface area (Å²) in [7, 11) is 0. The van der Waals surface area contributed by atoms with E-state index in [4.69, 9.17) is 0 Å². The summed E-state index contributed by atoms with van der Waals surface area (Å²) in [5, 5.41) is 13.7. The van der Waals surface area contributed by atoms with E-state index in [-0.39, 0.29) is 11.2 Å². The van der Waals surface area contributed by atoms with Gasteiger partial charge in [0.25, 0.3) is 5.56 Å². The molecule has 0 radical (unpaired) electrons. The maximum absolute atomic E-state index is 11.5. The number of hydrogen-bond donors (Lipinski definition) is 1. The topological polar surface area (TPSA) is 77.2 Å². The zero-order chi connectivity index (χ0) is 10.8. The molecular weight excluding hydrogens is 198 g/mol. The number of rotatable bonds is 1. The van der Waals surface area contributed by atoms with E-state index in [1.54, 1.807) is 0 Å². The minimum Gasteiger partial charge on any atom is -0.366 e. The zero-order valence-electron chi connectivity index (χ0n) is 8.10. The molecular formula is C9H11N3O3.